The van der Waals surface area contributed by atoms with E-state index in [0.29, 0.717) is 12.4 Å². The van der Waals surface area contributed by atoms with E-state index < -0.39 is 0 Å². The summed E-state index contributed by atoms with van der Waals surface area (Å²) < 4.78 is 5.43. The SMILES string of the molecule is O=C1C=C(OCc2ccccc2)C=C[N]1. The third kappa shape index (κ3) is 2.71. The lowest BCUT2D eigenvalue weighted by atomic mass is 10.2. The molecule has 1 aliphatic heterocycles. The molecule has 2 rings (SSSR count). The number of benzene rings is 1. The Balaban J connectivity index is 1.94. The van der Waals surface area contributed by atoms with E-state index in [0.717, 1.165) is 5.56 Å². The van der Waals surface area contributed by atoms with Crippen LogP contribution in [0.2, 0.25) is 0 Å². The van der Waals surface area contributed by atoms with Crippen molar-refractivity contribution < 1.29 is 9.53 Å². The maximum absolute atomic E-state index is 10.9. The Morgan fingerprint density at radius 3 is 2.73 bits per heavy atom. The monoisotopic (exact) mass is 200 g/mol. The van der Waals surface area contributed by atoms with Crippen molar-refractivity contribution in [2.75, 3.05) is 0 Å². The highest BCUT2D eigenvalue weighted by Crippen LogP contribution is 2.08. The number of hydrogen-bond acceptors (Lipinski definition) is 2. The van der Waals surface area contributed by atoms with E-state index in [1.165, 1.54) is 12.3 Å². The zero-order chi connectivity index (χ0) is 10.5. The van der Waals surface area contributed by atoms with Crippen LogP contribution in [0.25, 0.3) is 0 Å². The summed E-state index contributed by atoms with van der Waals surface area (Å²) >= 11 is 0. The smallest absolute Gasteiger partial charge is 0.273 e. The highest BCUT2D eigenvalue weighted by atomic mass is 16.5. The average molecular weight is 200 g/mol. The summed E-state index contributed by atoms with van der Waals surface area (Å²) in [6.07, 6.45) is 4.50. The third-order valence-electron chi connectivity index (χ3n) is 1.95. The van der Waals surface area contributed by atoms with Crippen molar-refractivity contribution in [1.82, 2.24) is 5.32 Å². The molecule has 0 saturated heterocycles. The predicted octanol–water partition coefficient (Wildman–Crippen LogP) is 1.75. The molecule has 0 aromatic heterocycles. The molecule has 15 heavy (non-hydrogen) atoms. The minimum Gasteiger partial charge on any atom is -0.489 e. The molecule has 1 aliphatic rings. The van der Waals surface area contributed by atoms with Crippen molar-refractivity contribution in [1.29, 1.82) is 0 Å². The number of nitrogens with zero attached hydrogens (tertiary/aromatic N) is 1. The van der Waals surface area contributed by atoms with Crippen molar-refractivity contribution >= 4 is 5.91 Å². The zero-order valence-electron chi connectivity index (χ0n) is 8.09. The predicted molar refractivity (Wildman–Crippen MR) is 55.6 cm³/mol. The van der Waals surface area contributed by atoms with E-state index in [2.05, 4.69) is 5.32 Å². The van der Waals surface area contributed by atoms with E-state index >= 15 is 0 Å². The second-order valence-electron chi connectivity index (χ2n) is 3.10. The van der Waals surface area contributed by atoms with Gasteiger partial charge in [-0.2, -0.15) is 0 Å². The van der Waals surface area contributed by atoms with Gasteiger partial charge in [0, 0.05) is 12.3 Å². The minimum absolute atomic E-state index is 0.277. The third-order valence-corrected chi connectivity index (χ3v) is 1.95. The van der Waals surface area contributed by atoms with Gasteiger partial charge < -0.3 is 4.74 Å². The van der Waals surface area contributed by atoms with E-state index in [4.69, 9.17) is 4.74 Å². The standard InChI is InChI=1S/C12H10NO2/c14-12-8-11(6-7-13-12)15-9-10-4-2-1-3-5-10/h1-8H,9H2. The van der Waals surface area contributed by atoms with Crippen LogP contribution in [-0.4, -0.2) is 5.91 Å². The molecule has 0 fully saturated rings. The van der Waals surface area contributed by atoms with Gasteiger partial charge in [-0.05, 0) is 11.6 Å². The van der Waals surface area contributed by atoms with Crippen molar-refractivity contribution in [3.63, 3.8) is 0 Å². The molecule has 1 aromatic rings. The molecular weight excluding hydrogens is 190 g/mol. The summed E-state index contributed by atoms with van der Waals surface area (Å²) in [5.41, 5.74) is 1.07. The second kappa shape index (κ2) is 4.46. The van der Waals surface area contributed by atoms with Gasteiger partial charge >= 0.3 is 0 Å². The van der Waals surface area contributed by atoms with Gasteiger partial charge in [-0.25, -0.2) is 5.32 Å². The topological polar surface area (TPSA) is 40.4 Å². The first kappa shape index (κ1) is 9.52. The Labute approximate surface area is 88.1 Å². The van der Waals surface area contributed by atoms with Crippen LogP contribution in [0.1, 0.15) is 5.56 Å². The van der Waals surface area contributed by atoms with Crippen molar-refractivity contribution in [2.24, 2.45) is 0 Å². The second-order valence-corrected chi connectivity index (χ2v) is 3.10. The maximum Gasteiger partial charge on any atom is 0.273 e. The molecule has 0 unspecified atom stereocenters. The summed E-state index contributed by atoms with van der Waals surface area (Å²) in [6.45, 7) is 0.463. The Kier molecular flexibility index (Phi) is 2.83. The molecule has 0 saturated carbocycles. The molecule has 3 heteroatoms. The summed E-state index contributed by atoms with van der Waals surface area (Å²) in [6, 6.07) is 9.79. The summed E-state index contributed by atoms with van der Waals surface area (Å²) in [5.74, 6) is 0.277. The van der Waals surface area contributed by atoms with Crippen LogP contribution >= 0.6 is 0 Å². The Morgan fingerprint density at radius 2 is 2.00 bits per heavy atom. The fourth-order valence-electron chi connectivity index (χ4n) is 1.22. The van der Waals surface area contributed by atoms with Gasteiger partial charge in [0.1, 0.15) is 12.4 Å². The van der Waals surface area contributed by atoms with Crippen LogP contribution in [-0.2, 0) is 16.1 Å². The molecule has 1 heterocycles. The van der Waals surface area contributed by atoms with E-state index in [1.807, 2.05) is 30.3 Å². The van der Waals surface area contributed by atoms with E-state index in [9.17, 15) is 4.79 Å². The van der Waals surface area contributed by atoms with Crippen LogP contribution in [0.5, 0.6) is 0 Å². The van der Waals surface area contributed by atoms with Crippen LogP contribution in [0, 0.1) is 0 Å². The molecule has 0 atom stereocenters. The molecule has 1 radical (unpaired) electrons. The summed E-state index contributed by atoms with van der Waals surface area (Å²) in [7, 11) is 0. The zero-order valence-corrected chi connectivity index (χ0v) is 8.09. The average Bonchev–Trinajstić information content (AvgIpc) is 2.28. The molecule has 0 aliphatic carbocycles. The van der Waals surface area contributed by atoms with Crippen LogP contribution < -0.4 is 5.32 Å². The normalized spacial score (nSPS) is 14.4. The minimum atomic E-state index is -0.277. The number of rotatable bonds is 3. The Morgan fingerprint density at radius 1 is 1.20 bits per heavy atom. The highest BCUT2D eigenvalue weighted by molar-refractivity contribution is 5.89. The van der Waals surface area contributed by atoms with Crippen molar-refractivity contribution in [3.8, 4) is 0 Å². The molecule has 0 bridgehead atoms. The Bertz CT molecular complexity index is 407. The molecule has 75 valence electrons. The molecular formula is C12H10NO2. The lowest BCUT2D eigenvalue weighted by molar-refractivity contribution is -0.116. The summed E-state index contributed by atoms with van der Waals surface area (Å²) in [5, 5.41) is 3.56. The fraction of sp³-hybridized carbons (Fsp3) is 0.0833. The summed E-state index contributed by atoms with van der Waals surface area (Å²) in [4.78, 5) is 10.9. The van der Waals surface area contributed by atoms with Crippen LogP contribution in [0.15, 0.2) is 54.4 Å². The number of carbonyl (C=O) groups is 1. The first-order valence-corrected chi connectivity index (χ1v) is 4.64. The number of carbonyl (C=O) groups excluding carboxylic acids is 1. The highest BCUT2D eigenvalue weighted by Gasteiger charge is 2.05. The van der Waals surface area contributed by atoms with Crippen molar-refractivity contribution in [3.05, 3.63) is 60.0 Å². The number of ether oxygens (including phenoxy) is 1. The molecule has 0 N–H and O–H groups in total. The molecule has 1 aromatic carbocycles. The molecule has 1 amide bonds. The van der Waals surface area contributed by atoms with E-state index in [1.54, 1.807) is 6.08 Å². The maximum atomic E-state index is 10.9. The fourth-order valence-corrected chi connectivity index (χ4v) is 1.22. The van der Waals surface area contributed by atoms with Gasteiger partial charge in [-0.3, -0.25) is 4.79 Å². The van der Waals surface area contributed by atoms with Gasteiger partial charge in [-0.1, -0.05) is 30.3 Å². The van der Waals surface area contributed by atoms with Gasteiger partial charge in [0.25, 0.3) is 5.91 Å². The quantitative estimate of drug-likeness (QED) is 0.745. The molecule has 3 nitrogen and oxygen atoms in total. The van der Waals surface area contributed by atoms with Crippen molar-refractivity contribution in [2.45, 2.75) is 6.61 Å². The lowest BCUT2D eigenvalue weighted by Gasteiger charge is -2.08. The number of hydrogen-bond donors (Lipinski definition) is 0. The van der Waals surface area contributed by atoms with Gasteiger partial charge in [-0.15, -0.1) is 0 Å². The van der Waals surface area contributed by atoms with Crippen LogP contribution in [0.3, 0.4) is 0 Å². The first-order chi connectivity index (χ1) is 7.34. The lowest BCUT2D eigenvalue weighted by Crippen LogP contribution is -2.11. The number of allylic oxidation sites excluding steroid dienone is 1. The van der Waals surface area contributed by atoms with Gasteiger partial charge in [0.05, 0.1) is 0 Å². The first-order valence-electron chi connectivity index (χ1n) is 4.64. The van der Waals surface area contributed by atoms with E-state index in [-0.39, 0.29) is 5.91 Å². The van der Waals surface area contributed by atoms with Gasteiger partial charge in [0.15, 0.2) is 0 Å². The molecule has 0 spiro atoms. The van der Waals surface area contributed by atoms with Gasteiger partial charge in [0.2, 0.25) is 0 Å². The number of amides is 1. The Hall–Kier alpha value is -2.03. The largest absolute Gasteiger partial charge is 0.489 e. The van der Waals surface area contributed by atoms with Crippen LogP contribution in [0.4, 0.5) is 0 Å².